The fourth-order valence-corrected chi connectivity index (χ4v) is 8.06. The smallest absolute Gasteiger partial charge is 0.418 e. The number of rotatable bonds is 5. The second-order valence-electron chi connectivity index (χ2n) is 10.9. The Kier molecular flexibility index (Phi) is 7.44. The Labute approximate surface area is 242 Å². The molecule has 0 saturated carbocycles. The van der Waals surface area contributed by atoms with E-state index in [1.807, 2.05) is 45.0 Å². The van der Waals surface area contributed by atoms with Crippen LogP contribution >= 0.6 is 23.1 Å². The van der Waals surface area contributed by atoms with E-state index < -0.39 is 57.2 Å². The molecule has 0 N–H and O–H groups in total. The van der Waals surface area contributed by atoms with Gasteiger partial charge in [-0.15, -0.1) is 0 Å². The summed E-state index contributed by atoms with van der Waals surface area (Å²) in [5.41, 5.74) is -0.124. The van der Waals surface area contributed by atoms with Gasteiger partial charge in [-0.05, 0) is 35.6 Å². The molecule has 3 aromatic rings. The first-order valence-electron chi connectivity index (χ1n) is 12.9. The highest BCUT2D eigenvalue weighted by Crippen LogP contribution is 2.54. The van der Waals surface area contributed by atoms with E-state index >= 15 is 0 Å². The van der Waals surface area contributed by atoms with E-state index in [9.17, 15) is 32.3 Å². The molecule has 3 atom stereocenters. The van der Waals surface area contributed by atoms with Crippen LogP contribution in [0, 0.1) is 5.92 Å². The van der Waals surface area contributed by atoms with Gasteiger partial charge in [0.2, 0.25) is 11.8 Å². The fraction of sp³-hybridized carbons (Fsp3) is 0.379. The molecule has 0 aliphatic carbocycles. The SMILES string of the molecule is CCOC(=O)Cn1c2c(sc1=O)C(c1ccc(C(C)(C)C)cc1)C1C(=O)N(c3ccccc3C(F)(F)F)C(=O)C1S2. The summed E-state index contributed by atoms with van der Waals surface area (Å²) in [4.78, 5) is 53.8. The first-order valence-corrected chi connectivity index (χ1v) is 14.6. The molecule has 7 nitrogen and oxygen atoms in total. The minimum absolute atomic E-state index is 0.112. The van der Waals surface area contributed by atoms with Crippen LogP contribution in [0.4, 0.5) is 18.9 Å². The van der Waals surface area contributed by atoms with Crippen LogP contribution < -0.4 is 9.77 Å². The zero-order valence-electron chi connectivity index (χ0n) is 22.7. The summed E-state index contributed by atoms with van der Waals surface area (Å²) in [7, 11) is 0. The van der Waals surface area contributed by atoms with Gasteiger partial charge in [0, 0.05) is 10.8 Å². The molecule has 3 unspecified atom stereocenters. The molecule has 0 radical (unpaired) electrons. The van der Waals surface area contributed by atoms with Crippen molar-refractivity contribution in [3.63, 3.8) is 0 Å². The number of fused-ring (bicyclic) bond motifs is 2. The Morgan fingerprint density at radius 3 is 2.24 bits per heavy atom. The summed E-state index contributed by atoms with van der Waals surface area (Å²) < 4.78 is 48.0. The molecule has 1 saturated heterocycles. The number of esters is 1. The van der Waals surface area contributed by atoms with Gasteiger partial charge < -0.3 is 4.74 Å². The lowest BCUT2D eigenvalue weighted by Gasteiger charge is -2.31. The number of hydrogen-bond donors (Lipinski definition) is 0. The first-order chi connectivity index (χ1) is 19.2. The minimum atomic E-state index is -4.79. The summed E-state index contributed by atoms with van der Waals surface area (Å²) in [5.74, 6) is -4.05. The highest BCUT2D eigenvalue weighted by atomic mass is 32.2. The third-order valence-electron chi connectivity index (χ3n) is 7.23. The number of anilines is 1. The second kappa shape index (κ2) is 10.5. The number of carbonyl (C=O) groups is 3. The number of thiazole rings is 1. The van der Waals surface area contributed by atoms with Crippen molar-refractivity contribution < 1.29 is 32.3 Å². The van der Waals surface area contributed by atoms with Crippen LogP contribution in [-0.4, -0.2) is 34.2 Å². The maximum absolute atomic E-state index is 14.0. The van der Waals surface area contributed by atoms with E-state index in [0.29, 0.717) is 20.4 Å². The van der Waals surface area contributed by atoms with E-state index in [-0.39, 0.29) is 18.6 Å². The highest BCUT2D eigenvalue weighted by Gasteiger charge is 2.57. The highest BCUT2D eigenvalue weighted by molar-refractivity contribution is 8.00. The molecule has 2 aromatic carbocycles. The molecule has 1 fully saturated rings. The number of thioether (sulfide) groups is 1. The van der Waals surface area contributed by atoms with Crippen LogP contribution in [0.15, 0.2) is 58.4 Å². The van der Waals surface area contributed by atoms with Gasteiger partial charge in [0.05, 0.1) is 28.8 Å². The van der Waals surface area contributed by atoms with E-state index in [4.69, 9.17) is 4.74 Å². The van der Waals surface area contributed by atoms with Crippen molar-refractivity contribution in [3.05, 3.63) is 79.8 Å². The Balaban J connectivity index is 1.67. The molecular formula is C29H27F3N2O5S2. The van der Waals surface area contributed by atoms with Crippen molar-refractivity contribution >= 4 is 46.6 Å². The average molecular weight is 605 g/mol. The molecule has 12 heteroatoms. The number of alkyl halides is 3. The summed E-state index contributed by atoms with van der Waals surface area (Å²) in [6.45, 7) is 7.50. The van der Waals surface area contributed by atoms with Crippen LogP contribution in [-0.2, 0) is 37.3 Å². The number of para-hydroxylation sites is 1. The Bertz CT molecular complexity index is 1590. The van der Waals surface area contributed by atoms with Crippen LogP contribution in [0.1, 0.15) is 55.2 Å². The quantitative estimate of drug-likeness (QED) is 0.279. The largest absolute Gasteiger partial charge is 0.465 e. The summed E-state index contributed by atoms with van der Waals surface area (Å²) >= 11 is 1.80. The maximum Gasteiger partial charge on any atom is 0.418 e. The van der Waals surface area contributed by atoms with E-state index in [1.165, 1.54) is 16.7 Å². The van der Waals surface area contributed by atoms with Crippen LogP contribution in [0.3, 0.4) is 0 Å². The Morgan fingerprint density at radius 1 is 0.976 bits per heavy atom. The number of amides is 2. The first kappa shape index (κ1) is 29.1. The lowest BCUT2D eigenvalue weighted by atomic mass is 9.81. The summed E-state index contributed by atoms with van der Waals surface area (Å²) in [6, 6.07) is 11.9. The number of imide groups is 1. The number of aromatic nitrogens is 1. The number of halogens is 3. The fourth-order valence-electron chi connectivity index (χ4n) is 5.29. The Hall–Kier alpha value is -3.38. The third kappa shape index (κ3) is 5.12. The zero-order chi connectivity index (χ0) is 29.9. The number of benzene rings is 2. The number of ether oxygens (including phenoxy) is 1. The molecule has 41 heavy (non-hydrogen) atoms. The van der Waals surface area contributed by atoms with Crippen molar-refractivity contribution in [1.82, 2.24) is 4.57 Å². The number of carbonyl (C=O) groups excluding carboxylic acids is 3. The Morgan fingerprint density at radius 2 is 1.63 bits per heavy atom. The lowest BCUT2D eigenvalue weighted by molar-refractivity contribution is -0.144. The van der Waals surface area contributed by atoms with Crippen molar-refractivity contribution in [2.45, 2.75) is 62.0 Å². The molecule has 2 aliphatic heterocycles. The van der Waals surface area contributed by atoms with Gasteiger partial charge in [0.15, 0.2) is 0 Å². The molecule has 2 amide bonds. The third-order valence-corrected chi connectivity index (χ3v) is 9.83. The molecule has 5 rings (SSSR count). The van der Waals surface area contributed by atoms with Crippen molar-refractivity contribution in [3.8, 4) is 0 Å². The van der Waals surface area contributed by atoms with Gasteiger partial charge in [-0.2, -0.15) is 13.2 Å². The number of nitrogens with zero attached hydrogens (tertiary/aromatic N) is 2. The van der Waals surface area contributed by atoms with Gasteiger partial charge >= 0.3 is 17.0 Å². The molecule has 3 heterocycles. The zero-order valence-corrected chi connectivity index (χ0v) is 24.3. The number of hydrogen-bond acceptors (Lipinski definition) is 7. The van der Waals surface area contributed by atoms with Gasteiger partial charge in [0.25, 0.3) is 0 Å². The molecule has 1 aromatic heterocycles. The maximum atomic E-state index is 14.0. The van der Waals surface area contributed by atoms with E-state index in [0.717, 1.165) is 40.8 Å². The topological polar surface area (TPSA) is 85.7 Å². The predicted octanol–water partition coefficient (Wildman–Crippen LogP) is 5.59. The normalized spacial score (nSPS) is 20.7. The minimum Gasteiger partial charge on any atom is -0.465 e. The molecule has 0 bridgehead atoms. The standard InChI is InChI=1S/C29H27F3N2O5S2/c1-5-39-19(35)14-33-26-23(41-27(33)38)20(15-10-12-16(13-11-15)28(2,3)4)21-22(40-26)25(37)34(24(21)36)18-9-7-6-8-17(18)29(30,31)32/h6-13,20-22H,5,14H2,1-4H3. The van der Waals surface area contributed by atoms with Crippen LogP contribution in [0.25, 0.3) is 0 Å². The lowest BCUT2D eigenvalue weighted by Crippen LogP contribution is -2.33. The van der Waals surface area contributed by atoms with E-state index in [2.05, 4.69) is 0 Å². The molecular weight excluding hydrogens is 577 g/mol. The average Bonchev–Trinajstić information content (AvgIpc) is 3.34. The van der Waals surface area contributed by atoms with Crippen LogP contribution in [0.2, 0.25) is 0 Å². The summed E-state index contributed by atoms with van der Waals surface area (Å²) in [6.07, 6.45) is -4.79. The van der Waals surface area contributed by atoms with Crippen molar-refractivity contribution in [1.29, 1.82) is 0 Å². The van der Waals surface area contributed by atoms with Gasteiger partial charge in [-0.3, -0.25) is 23.7 Å². The van der Waals surface area contributed by atoms with Gasteiger partial charge in [0.1, 0.15) is 11.8 Å². The molecule has 216 valence electrons. The second-order valence-corrected chi connectivity index (χ2v) is 13.0. The van der Waals surface area contributed by atoms with Crippen LogP contribution in [0.5, 0.6) is 0 Å². The van der Waals surface area contributed by atoms with Crippen molar-refractivity contribution in [2.24, 2.45) is 5.92 Å². The monoisotopic (exact) mass is 604 g/mol. The van der Waals surface area contributed by atoms with Gasteiger partial charge in [-0.25, -0.2) is 4.90 Å². The predicted molar refractivity (Wildman–Crippen MR) is 149 cm³/mol. The van der Waals surface area contributed by atoms with Crippen molar-refractivity contribution in [2.75, 3.05) is 11.5 Å². The molecule has 2 aliphatic rings. The van der Waals surface area contributed by atoms with E-state index in [1.54, 1.807) is 6.92 Å². The molecule has 0 spiro atoms. The van der Waals surface area contributed by atoms with Gasteiger partial charge in [-0.1, -0.05) is 80.3 Å². The summed E-state index contributed by atoms with van der Waals surface area (Å²) in [5, 5.41) is -0.766.